The lowest BCUT2D eigenvalue weighted by atomic mass is 10.1. The fourth-order valence-corrected chi connectivity index (χ4v) is 3.35. The Kier molecular flexibility index (Phi) is 6.65. The Morgan fingerprint density at radius 1 is 1.14 bits per heavy atom. The summed E-state index contributed by atoms with van der Waals surface area (Å²) in [5.41, 5.74) is 8.00. The quantitative estimate of drug-likeness (QED) is 0.456. The number of anilines is 1. The highest BCUT2D eigenvalue weighted by atomic mass is 35.5. The molecule has 0 radical (unpaired) electrons. The van der Waals surface area contributed by atoms with Crippen molar-refractivity contribution < 1.29 is 9.53 Å². The average Bonchev–Trinajstić information content (AvgIpc) is 2.73. The number of rotatable bonds is 5. The third kappa shape index (κ3) is 4.69. The zero-order valence-electron chi connectivity index (χ0n) is 15.6. The number of methoxy groups -OCH3 is 1. The molecule has 1 heterocycles. The summed E-state index contributed by atoms with van der Waals surface area (Å²) in [4.78, 5) is 21.2. The number of amidine groups is 1. The number of hydrogen-bond donors (Lipinski definition) is 1. The molecular weight excluding hydrogens is 399 g/mol. The molecule has 0 atom stereocenters. The van der Waals surface area contributed by atoms with Gasteiger partial charge in [0.25, 0.3) is 5.91 Å². The number of benzene rings is 2. The van der Waals surface area contributed by atoms with Crippen molar-refractivity contribution in [1.29, 1.82) is 0 Å². The van der Waals surface area contributed by atoms with Gasteiger partial charge in [0.2, 0.25) is 0 Å². The Balaban J connectivity index is 1.64. The van der Waals surface area contributed by atoms with Gasteiger partial charge in [-0.15, -0.1) is 11.6 Å². The molecular formula is C20H22Cl2N4O2. The van der Waals surface area contributed by atoms with Gasteiger partial charge in [0, 0.05) is 36.9 Å². The summed E-state index contributed by atoms with van der Waals surface area (Å²) in [6, 6.07) is 12.9. The Hall–Kier alpha value is -2.44. The van der Waals surface area contributed by atoms with Crippen molar-refractivity contribution in [3.63, 3.8) is 0 Å². The van der Waals surface area contributed by atoms with E-state index < -0.39 is 0 Å². The molecule has 0 bridgehead atoms. The molecule has 1 fully saturated rings. The number of nitrogens with zero attached hydrogens (tertiary/aromatic N) is 3. The fraction of sp³-hybridized carbons (Fsp3) is 0.300. The summed E-state index contributed by atoms with van der Waals surface area (Å²) < 4.78 is 5.31. The van der Waals surface area contributed by atoms with Gasteiger partial charge >= 0.3 is 0 Å². The highest BCUT2D eigenvalue weighted by Crippen LogP contribution is 2.26. The number of hydrogen-bond acceptors (Lipinski definition) is 4. The maximum absolute atomic E-state index is 12.9. The van der Waals surface area contributed by atoms with Crippen LogP contribution in [-0.2, 0) is 0 Å². The largest absolute Gasteiger partial charge is 0.496 e. The van der Waals surface area contributed by atoms with Gasteiger partial charge in [-0.05, 0) is 42.5 Å². The predicted octanol–water partition coefficient (Wildman–Crippen LogP) is 3.54. The number of alkyl halides is 1. The molecule has 1 saturated heterocycles. The highest BCUT2D eigenvalue weighted by molar-refractivity contribution is 6.31. The van der Waals surface area contributed by atoms with E-state index in [1.807, 2.05) is 29.2 Å². The van der Waals surface area contributed by atoms with Gasteiger partial charge in [-0.25, -0.2) is 4.99 Å². The molecule has 8 heteroatoms. The van der Waals surface area contributed by atoms with E-state index in [1.165, 1.54) is 0 Å². The van der Waals surface area contributed by atoms with Crippen LogP contribution in [-0.4, -0.2) is 55.8 Å². The number of amides is 1. The van der Waals surface area contributed by atoms with Crippen molar-refractivity contribution in [2.45, 2.75) is 0 Å². The molecule has 0 spiro atoms. The molecule has 1 amide bonds. The first kappa shape index (κ1) is 20.3. The van der Waals surface area contributed by atoms with Crippen molar-refractivity contribution in [2.75, 3.05) is 44.1 Å². The standard InChI is InChI=1S/C20H22Cl2N4O2/c1-28-18-7-2-14(22)12-17(18)20(27)26-10-8-25(9-11-26)16-5-3-15(4-6-16)24-19(23)13-21/h2-7,12H,8-11,13H2,1H3,(H2,23,24). The van der Waals surface area contributed by atoms with E-state index in [4.69, 9.17) is 33.7 Å². The third-order valence-corrected chi connectivity index (χ3v) is 5.09. The van der Waals surface area contributed by atoms with Gasteiger partial charge in [0.15, 0.2) is 0 Å². The van der Waals surface area contributed by atoms with Crippen LogP contribution in [0, 0.1) is 0 Å². The van der Waals surface area contributed by atoms with Gasteiger partial charge < -0.3 is 20.3 Å². The second-order valence-corrected chi connectivity index (χ2v) is 7.08. The van der Waals surface area contributed by atoms with E-state index in [0.29, 0.717) is 35.3 Å². The molecule has 0 aliphatic carbocycles. The summed E-state index contributed by atoms with van der Waals surface area (Å²) in [6.45, 7) is 2.71. The highest BCUT2D eigenvalue weighted by Gasteiger charge is 2.24. The van der Waals surface area contributed by atoms with Crippen molar-refractivity contribution in [2.24, 2.45) is 10.7 Å². The van der Waals surface area contributed by atoms with Crippen LogP contribution < -0.4 is 15.4 Å². The van der Waals surface area contributed by atoms with Crippen LogP contribution in [0.5, 0.6) is 5.75 Å². The fourth-order valence-electron chi connectivity index (χ4n) is 3.12. The lowest BCUT2D eigenvalue weighted by Gasteiger charge is -2.36. The second-order valence-electron chi connectivity index (χ2n) is 6.38. The first-order valence-electron chi connectivity index (χ1n) is 8.88. The van der Waals surface area contributed by atoms with Crippen LogP contribution in [0.4, 0.5) is 11.4 Å². The Labute approximate surface area is 174 Å². The second kappa shape index (κ2) is 9.17. The minimum Gasteiger partial charge on any atom is -0.496 e. The Morgan fingerprint density at radius 3 is 2.43 bits per heavy atom. The molecule has 1 aliphatic heterocycles. The number of carbonyl (C=O) groups excluding carboxylic acids is 1. The van der Waals surface area contributed by atoms with Gasteiger partial charge in [-0.3, -0.25) is 4.79 Å². The summed E-state index contributed by atoms with van der Waals surface area (Å²) in [7, 11) is 1.55. The summed E-state index contributed by atoms with van der Waals surface area (Å²) >= 11 is 11.7. The zero-order valence-corrected chi connectivity index (χ0v) is 17.1. The minimum atomic E-state index is -0.0692. The van der Waals surface area contributed by atoms with Crippen LogP contribution in [0.2, 0.25) is 5.02 Å². The molecule has 2 aromatic rings. The summed E-state index contributed by atoms with van der Waals surface area (Å²) in [5.74, 6) is 1.05. The molecule has 1 aliphatic rings. The summed E-state index contributed by atoms with van der Waals surface area (Å²) in [6.07, 6.45) is 0. The van der Waals surface area contributed by atoms with Crippen molar-refractivity contribution in [3.8, 4) is 5.75 Å². The number of piperazine rings is 1. The first-order chi connectivity index (χ1) is 13.5. The van der Waals surface area contributed by atoms with Crippen molar-refractivity contribution >= 4 is 46.3 Å². The lowest BCUT2D eigenvalue weighted by molar-refractivity contribution is 0.0743. The van der Waals surface area contributed by atoms with Crippen molar-refractivity contribution in [1.82, 2.24) is 4.90 Å². The smallest absolute Gasteiger partial charge is 0.257 e. The molecule has 0 aromatic heterocycles. The average molecular weight is 421 g/mol. The van der Waals surface area contributed by atoms with Crippen LogP contribution in [0.25, 0.3) is 0 Å². The van der Waals surface area contributed by atoms with Gasteiger partial charge in [-0.1, -0.05) is 11.6 Å². The van der Waals surface area contributed by atoms with Gasteiger partial charge in [0.1, 0.15) is 11.6 Å². The predicted molar refractivity (Wildman–Crippen MR) is 115 cm³/mol. The van der Waals surface area contributed by atoms with Gasteiger partial charge in [-0.2, -0.15) is 0 Å². The maximum atomic E-state index is 12.9. The lowest BCUT2D eigenvalue weighted by Crippen LogP contribution is -2.48. The van der Waals surface area contributed by atoms with E-state index in [-0.39, 0.29) is 11.8 Å². The molecule has 2 N–H and O–H groups in total. The molecule has 6 nitrogen and oxygen atoms in total. The number of aliphatic imine (C=N–C) groups is 1. The van der Waals surface area contributed by atoms with E-state index in [2.05, 4.69) is 9.89 Å². The summed E-state index contributed by atoms with van der Waals surface area (Å²) in [5, 5.41) is 0.514. The monoisotopic (exact) mass is 420 g/mol. The molecule has 148 valence electrons. The number of ether oxygens (including phenoxy) is 1. The maximum Gasteiger partial charge on any atom is 0.257 e. The Bertz CT molecular complexity index is 863. The van der Waals surface area contributed by atoms with Gasteiger partial charge in [0.05, 0.1) is 24.2 Å². The topological polar surface area (TPSA) is 71.2 Å². The number of halogens is 2. The molecule has 0 unspecified atom stereocenters. The van der Waals surface area contributed by atoms with E-state index >= 15 is 0 Å². The first-order valence-corrected chi connectivity index (χ1v) is 9.80. The third-order valence-electron chi connectivity index (χ3n) is 4.58. The number of nitrogens with two attached hydrogens (primary N) is 1. The minimum absolute atomic E-state index is 0.0692. The van der Waals surface area contributed by atoms with Crippen LogP contribution in [0.1, 0.15) is 10.4 Å². The number of carbonyl (C=O) groups is 1. The normalized spacial score (nSPS) is 14.9. The zero-order chi connectivity index (χ0) is 20.1. The van der Waals surface area contributed by atoms with Crippen LogP contribution in [0.15, 0.2) is 47.5 Å². The van der Waals surface area contributed by atoms with Crippen LogP contribution in [0.3, 0.4) is 0 Å². The van der Waals surface area contributed by atoms with Crippen molar-refractivity contribution in [3.05, 3.63) is 53.1 Å². The van der Waals surface area contributed by atoms with E-state index in [1.54, 1.807) is 25.3 Å². The SMILES string of the molecule is COc1ccc(Cl)cc1C(=O)N1CCN(c2ccc(N=C(N)CCl)cc2)CC1. The Morgan fingerprint density at radius 2 is 1.82 bits per heavy atom. The molecule has 2 aromatic carbocycles. The molecule has 28 heavy (non-hydrogen) atoms. The molecule has 3 rings (SSSR count). The van der Waals surface area contributed by atoms with E-state index in [0.717, 1.165) is 24.5 Å². The van der Waals surface area contributed by atoms with E-state index in [9.17, 15) is 4.79 Å². The molecule has 0 saturated carbocycles. The van der Waals surface area contributed by atoms with Crippen LogP contribution >= 0.6 is 23.2 Å².